The van der Waals surface area contributed by atoms with E-state index in [-0.39, 0.29) is 17.0 Å². The predicted octanol–water partition coefficient (Wildman–Crippen LogP) is 3.61. The maximum absolute atomic E-state index is 13.7. The quantitative estimate of drug-likeness (QED) is 0.603. The zero-order valence-electron chi connectivity index (χ0n) is 12.3. The molecule has 1 amide bonds. The minimum Gasteiger partial charge on any atom is -0.355 e. The second-order valence-corrected chi connectivity index (χ2v) is 5.11. The highest BCUT2D eigenvalue weighted by Crippen LogP contribution is 2.23. The summed E-state index contributed by atoms with van der Waals surface area (Å²) in [5, 5.41) is 6.29. The smallest absolute Gasteiger partial charge is 0.280 e. The monoisotopic (exact) mass is 322 g/mol. The van der Waals surface area contributed by atoms with E-state index in [9.17, 15) is 9.18 Å². The molecule has 0 aliphatic heterocycles. The van der Waals surface area contributed by atoms with Gasteiger partial charge in [-0.3, -0.25) is 10.1 Å². The number of rotatable bonds is 3. The predicted molar refractivity (Wildman–Crippen MR) is 85.9 cm³/mol. The van der Waals surface area contributed by atoms with Crippen molar-refractivity contribution in [2.24, 2.45) is 0 Å². The molecular weight excluding hydrogens is 311 g/mol. The van der Waals surface area contributed by atoms with E-state index in [1.165, 1.54) is 12.1 Å². The molecule has 2 heterocycles. The highest BCUT2D eigenvalue weighted by molar-refractivity contribution is 6.03. The number of para-hydroxylation sites is 2. The van der Waals surface area contributed by atoms with Gasteiger partial charge in [0.05, 0.1) is 16.6 Å². The van der Waals surface area contributed by atoms with Crippen LogP contribution in [0.4, 0.5) is 10.3 Å². The van der Waals surface area contributed by atoms with E-state index < -0.39 is 11.7 Å². The Labute approximate surface area is 135 Å². The second kappa shape index (κ2) is 5.62. The third-order valence-corrected chi connectivity index (χ3v) is 3.50. The van der Waals surface area contributed by atoms with Crippen molar-refractivity contribution in [1.82, 2.24) is 15.1 Å². The Morgan fingerprint density at radius 3 is 2.75 bits per heavy atom. The molecule has 7 heteroatoms. The molecule has 0 spiro atoms. The van der Waals surface area contributed by atoms with Crippen molar-refractivity contribution in [3.63, 3.8) is 0 Å². The van der Waals surface area contributed by atoms with Gasteiger partial charge in [-0.05, 0) is 24.3 Å². The Morgan fingerprint density at radius 2 is 1.92 bits per heavy atom. The molecule has 4 rings (SSSR count). The molecule has 0 bridgehead atoms. The van der Waals surface area contributed by atoms with Crippen LogP contribution in [0.5, 0.6) is 0 Å². The number of nitrogens with zero attached hydrogens (tertiary/aromatic N) is 2. The molecule has 0 unspecified atom stereocenters. The van der Waals surface area contributed by atoms with Crippen LogP contribution in [0.15, 0.2) is 59.1 Å². The Morgan fingerprint density at radius 1 is 1.12 bits per heavy atom. The summed E-state index contributed by atoms with van der Waals surface area (Å²) in [4.78, 5) is 19.5. The number of nitrogens with one attached hydrogen (secondary N) is 2. The Balaban J connectivity index is 1.58. The molecule has 2 aromatic heterocycles. The Kier molecular flexibility index (Phi) is 3.31. The van der Waals surface area contributed by atoms with Crippen molar-refractivity contribution < 1.29 is 13.7 Å². The molecule has 0 radical (unpaired) electrons. The number of H-pyrrole nitrogens is 1. The Bertz CT molecular complexity index is 1000. The average Bonchev–Trinajstić information content (AvgIpc) is 3.21. The number of hydrogen-bond acceptors (Lipinski definition) is 4. The van der Waals surface area contributed by atoms with E-state index in [2.05, 4.69) is 20.4 Å². The van der Waals surface area contributed by atoms with Gasteiger partial charge < -0.3 is 9.51 Å². The summed E-state index contributed by atoms with van der Waals surface area (Å²) in [5.74, 6) is -0.460. The van der Waals surface area contributed by atoms with Gasteiger partial charge in [0.1, 0.15) is 5.82 Å². The second-order valence-electron chi connectivity index (χ2n) is 5.11. The fourth-order valence-corrected chi connectivity index (χ4v) is 2.35. The number of carbonyl (C=O) groups is 1. The number of hydrogen-bond donors (Lipinski definition) is 2. The van der Waals surface area contributed by atoms with Crippen molar-refractivity contribution in [2.45, 2.75) is 0 Å². The number of halogens is 1. The molecule has 6 nitrogen and oxygen atoms in total. The van der Waals surface area contributed by atoms with Crippen molar-refractivity contribution in [3.8, 4) is 11.3 Å². The molecule has 2 N–H and O–H groups in total. The number of aromatic amines is 1. The molecule has 24 heavy (non-hydrogen) atoms. The molecule has 0 saturated carbocycles. The van der Waals surface area contributed by atoms with Crippen LogP contribution in [0.25, 0.3) is 22.4 Å². The number of benzene rings is 2. The Hall–Kier alpha value is -3.48. The van der Waals surface area contributed by atoms with Gasteiger partial charge in [0.15, 0.2) is 11.5 Å². The van der Waals surface area contributed by atoms with Gasteiger partial charge >= 0.3 is 0 Å². The summed E-state index contributed by atoms with van der Waals surface area (Å²) in [6.07, 6.45) is 0. The summed E-state index contributed by atoms with van der Waals surface area (Å²) in [6.45, 7) is 0. The minimum absolute atomic E-state index is 0.0358. The minimum atomic E-state index is -0.500. The van der Waals surface area contributed by atoms with Gasteiger partial charge in [-0.25, -0.2) is 9.37 Å². The molecular formula is C17H11FN4O2. The van der Waals surface area contributed by atoms with Crippen LogP contribution < -0.4 is 5.32 Å². The van der Waals surface area contributed by atoms with Gasteiger partial charge in [-0.2, -0.15) is 0 Å². The highest BCUT2D eigenvalue weighted by Gasteiger charge is 2.17. The van der Waals surface area contributed by atoms with E-state index in [1.54, 1.807) is 18.2 Å². The number of fused-ring (bicyclic) bond motifs is 1. The number of aromatic nitrogens is 3. The lowest BCUT2D eigenvalue weighted by molar-refractivity contribution is 0.101. The van der Waals surface area contributed by atoms with Crippen molar-refractivity contribution in [2.75, 3.05) is 5.32 Å². The first-order chi connectivity index (χ1) is 11.7. The van der Waals surface area contributed by atoms with Gasteiger partial charge in [0.25, 0.3) is 5.91 Å². The molecule has 0 aliphatic carbocycles. The van der Waals surface area contributed by atoms with Crippen LogP contribution in [0.1, 0.15) is 10.5 Å². The summed E-state index contributed by atoms with van der Waals surface area (Å²) in [6, 6.07) is 14.9. The SMILES string of the molecule is O=C(Nc1nc2ccccc2[nH]1)c1cc(-c2ccccc2F)on1. The lowest BCUT2D eigenvalue weighted by atomic mass is 10.1. The summed E-state index contributed by atoms with van der Waals surface area (Å²) >= 11 is 0. The standard InChI is InChI=1S/C17H11FN4O2/c18-11-6-2-1-5-10(11)15-9-14(22-24-15)16(23)21-17-19-12-7-3-4-8-13(12)20-17/h1-9H,(H2,19,20,21,23). The number of imidazole rings is 1. The molecule has 2 aromatic carbocycles. The summed E-state index contributed by atoms with van der Waals surface area (Å²) in [7, 11) is 0. The maximum Gasteiger partial charge on any atom is 0.280 e. The van der Waals surface area contributed by atoms with Gasteiger partial charge in [0.2, 0.25) is 5.95 Å². The molecule has 0 aliphatic rings. The van der Waals surface area contributed by atoms with Crippen LogP contribution in [0.2, 0.25) is 0 Å². The van der Waals surface area contributed by atoms with Crippen LogP contribution in [-0.2, 0) is 0 Å². The molecule has 0 atom stereocenters. The number of anilines is 1. The van der Waals surface area contributed by atoms with Gasteiger partial charge in [-0.1, -0.05) is 29.4 Å². The van der Waals surface area contributed by atoms with E-state index in [0.717, 1.165) is 11.0 Å². The zero-order valence-corrected chi connectivity index (χ0v) is 12.3. The largest absolute Gasteiger partial charge is 0.355 e. The van der Waals surface area contributed by atoms with Crippen LogP contribution in [-0.4, -0.2) is 21.0 Å². The number of amides is 1. The number of carbonyl (C=O) groups excluding carboxylic acids is 1. The first-order valence-corrected chi connectivity index (χ1v) is 7.18. The topological polar surface area (TPSA) is 83.8 Å². The highest BCUT2D eigenvalue weighted by atomic mass is 19.1. The van der Waals surface area contributed by atoms with E-state index in [1.807, 2.05) is 24.3 Å². The van der Waals surface area contributed by atoms with Crippen molar-refractivity contribution in [3.05, 3.63) is 66.1 Å². The lowest BCUT2D eigenvalue weighted by Crippen LogP contribution is -2.13. The fraction of sp³-hybridized carbons (Fsp3) is 0. The summed E-state index contributed by atoms with van der Waals surface area (Å²) < 4.78 is 18.8. The third-order valence-electron chi connectivity index (χ3n) is 3.50. The maximum atomic E-state index is 13.7. The van der Waals surface area contributed by atoms with Crippen LogP contribution >= 0.6 is 0 Å². The van der Waals surface area contributed by atoms with E-state index >= 15 is 0 Å². The van der Waals surface area contributed by atoms with Crippen molar-refractivity contribution >= 4 is 22.9 Å². The molecule has 4 aromatic rings. The first kappa shape index (κ1) is 14.1. The fourth-order valence-electron chi connectivity index (χ4n) is 2.35. The lowest BCUT2D eigenvalue weighted by Gasteiger charge is -1.96. The zero-order chi connectivity index (χ0) is 16.5. The molecule has 118 valence electrons. The molecule has 0 fully saturated rings. The molecule has 0 saturated heterocycles. The normalized spacial score (nSPS) is 10.9. The van der Waals surface area contributed by atoms with E-state index in [0.29, 0.717) is 5.95 Å². The average molecular weight is 322 g/mol. The summed E-state index contributed by atoms with van der Waals surface area (Å²) in [5.41, 5.74) is 1.82. The van der Waals surface area contributed by atoms with Gasteiger partial charge in [0, 0.05) is 6.07 Å². The van der Waals surface area contributed by atoms with E-state index in [4.69, 9.17) is 4.52 Å². The van der Waals surface area contributed by atoms with Crippen LogP contribution in [0.3, 0.4) is 0 Å². The first-order valence-electron chi connectivity index (χ1n) is 7.18. The van der Waals surface area contributed by atoms with Gasteiger partial charge in [-0.15, -0.1) is 0 Å². The third kappa shape index (κ3) is 2.52. The van der Waals surface area contributed by atoms with Crippen LogP contribution in [0, 0.1) is 5.82 Å². The van der Waals surface area contributed by atoms with Crippen molar-refractivity contribution in [1.29, 1.82) is 0 Å².